The smallest absolute Gasteiger partial charge is 0.326 e. The van der Waals surface area contributed by atoms with Crippen molar-refractivity contribution in [3.05, 3.63) is 29.8 Å². The van der Waals surface area contributed by atoms with Gasteiger partial charge in [0.2, 0.25) is 17.7 Å². The normalized spacial score (nSPS) is 14.4. The lowest BCUT2D eigenvalue weighted by atomic mass is 10.0. The van der Waals surface area contributed by atoms with Gasteiger partial charge in [0.1, 0.15) is 23.9 Å². The number of thiol groups is 1. The molecular formula is C21H33N5O7S. The molecule has 10 N–H and O–H groups in total. The monoisotopic (exact) mass is 499 g/mol. The van der Waals surface area contributed by atoms with Gasteiger partial charge in [-0.25, -0.2) is 4.79 Å². The van der Waals surface area contributed by atoms with Crippen molar-refractivity contribution in [1.82, 2.24) is 16.0 Å². The molecule has 13 heteroatoms. The highest BCUT2D eigenvalue weighted by molar-refractivity contribution is 7.80. The van der Waals surface area contributed by atoms with Crippen LogP contribution in [0.3, 0.4) is 0 Å². The molecule has 0 aliphatic heterocycles. The number of hydrogen-bond donors (Lipinski definition) is 9. The molecule has 0 aliphatic rings. The molecule has 0 saturated carbocycles. The topological polar surface area (TPSA) is 217 Å². The SMILES string of the molecule is NCCCCC(NC(=O)C(CO)NC(=O)C(Cc1ccc(O)cc1)NC(=O)C(N)CS)C(=O)O. The number of aliphatic hydroxyl groups excluding tert-OH is 1. The van der Waals surface area contributed by atoms with Crippen molar-refractivity contribution in [2.75, 3.05) is 18.9 Å². The average Bonchev–Trinajstić information content (AvgIpc) is 2.81. The number of carboxylic acids is 1. The molecule has 4 unspecified atom stereocenters. The number of aliphatic hydroxyl groups is 1. The second-order valence-corrected chi connectivity index (χ2v) is 8.01. The van der Waals surface area contributed by atoms with Crippen LogP contribution < -0.4 is 27.4 Å². The van der Waals surface area contributed by atoms with Crippen molar-refractivity contribution in [3.8, 4) is 5.75 Å². The van der Waals surface area contributed by atoms with Crippen LogP contribution in [0.2, 0.25) is 0 Å². The number of phenols is 1. The maximum Gasteiger partial charge on any atom is 0.326 e. The highest BCUT2D eigenvalue weighted by Gasteiger charge is 2.30. The van der Waals surface area contributed by atoms with E-state index in [1.807, 2.05) is 0 Å². The third kappa shape index (κ3) is 9.95. The van der Waals surface area contributed by atoms with Gasteiger partial charge in [0.25, 0.3) is 0 Å². The largest absolute Gasteiger partial charge is 0.508 e. The number of amides is 3. The summed E-state index contributed by atoms with van der Waals surface area (Å²) in [5.41, 5.74) is 11.7. The fraction of sp³-hybridized carbons (Fsp3) is 0.524. The summed E-state index contributed by atoms with van der Waals surface area (Å²) in [5.74, 6) is -3.55. The predicted molar refractivity (Wildman–Crippen MR) is 127 cm³/mol. The second kappa shape index (κ2) is 15.1. The van der Waals surface area contributed by atoms with E-state index in [4.69, 9.17) is 11.5 Å². The maximum atomic E-state index is 12.9. The first-order valence-electron chi connectivity index (χ1n) is 10.7. The van der Waals surface area contributed by atoms with Gasteiger partial charge in [-0.1, -0.05) is 12.1 Å². The van der Waals surface area contributed by atoms with Crippen molar-refractivity contribution in [2.45, 2.75) is 49.9 Å². The highest BCUT2D eigenvalue weighted by Crippen LogP contribution is 2.12. The van der Waals surface area contributed by atoms with Gasteiger partial charge in [0.15, 0.2) is 0 Å². The Kier molecular flexibility index (Phi) is 13.0. The molecule has 1 aromatic rings. The van der Waals surface area contributed by atoms with E-state index in [-0.39, 0.29) is 24.3 Å². The Morgan fingerprint density at radius 3 is 2.00 bits per heavy atom. The minimum atomic E-state index is -1.46. The van der Waals surface area contributed by atoms with E-state index in [9.17, 15) is 34.5 Å². The number of nitrogens with one attached hydrogen (secondary N) is 3. The van der Waals surface area contributed by atoms with Gasteiger partial charge < -0.3 is 42.7 Å². The number of carboxylic acid groups (broad SMARTS) is 1. The number of carbonyl (C=O) groups excluding carboxylic acids is 3. The molecular weight excluding hydrogens is 466 g/mol. The van der Waals surface area contributed by atoms with E-state index in [0.29, 0.717) is 24.9 Å². The standard InChI is InChI=1S/C21H33N5O7S/c22-8-2-1-3-15(21(32)33)24-20(31)17(10-27)26-19(30)16(25-18(29)14(23)11-34)9-12-4-6-13(28)7-5-12/h4-7,14-17,27-28,34H,1-3,8-11,22-23H2,(H,24,31)(H,25,29)(H,26,30)(H,32,33). The molecule has 0 aliphatic carbocycles. The molecule has 0 heterocycles. The Bertz CT molecular complexity index is 824. The number of aliphatic carboxylic acids is 1. The highest BCUT2D eigenvalue weighted by atomic mass is 32.1. The van der Waals surface area contributed by atoms with Crippen LogP contribution in [0.4, 0.5) is 0 Å². The first-order chi connectivity index (χ1) is 16.1. The van der Waals surface area contributed by atoms with Gasteiger partial charge in [0, 0.05) is 12.2 Å². The molecule has 0 spiro atoms. The average molecular weight is 500 g/mol. The van der Waals surface area contributed by atoms with Crippen LogP contribution in [0.5, 0.6) is 5.75 Å². The van der Waals surface area contributed by atoms with Crippen LogP contribution in [-0.2, 0) is 25.6 Å². The summed E-state index contributed by atoms with van der Waals surface area (Å²) < 4.78 is 0. The van der Waals surface area contributed by atoms with Crippen molar-refractivity contribution in [2.24, 2.45) is 11.5 Å². The minimum absolute atomic E-state index is 0.00620. The van der Waals surface area contributed by atoms with E-state index in [1.54, 1.807) is 12.1 Å². The summed E-state index contributed by atoms with van der Waals surface area (Å²) in [6, 6.07) is 1.08. The maximum absolute atomic E-state index is 12.9. The number of unbranched alkanes of at least 4 members (excludes halogenated alkanes) is 1. The molecule has 0 aromatic heterocycles. The van der Waals surface area contributed by atoms with Gasteiger partial charge in [0.05, 0.1) is 12.6 Å². The third-order valence-corrected chi connectivity index (χ3v) is 5.31. The molecule has 0 radical (unpaired) electrons. The zero-order valence-electron chi connectivity index (χ0n) is 18.6. The van der Waals surface area contributed by atoms with Crippen LogP contribution in [0, 0.1) is 0 Å². The van der Waals surface area contributed by atoms with E-state index < -0.39 is 54.5 Å². The third-order valence-electron chi connectivity index (χ3n) is 4.92. The summed E-state index contributed by atoms with van der Waals surface area (Å²) >= 11 is 3.96. The number of phenolic OH excluding ortho intramolecular Hbond substituents is 1. The number of benzene rings is 1. The predicted octanol–water partition coefficient (Wildman–Crippen LogP) is -2.15. The second-order valence-electron chi connectivity index (χ2n) is 7.65. The minimum Gasteiger partial charge on any atom is -0.508 e. The Morgan fingerprint density at radius 1 is 0.912 bits per heavy atom. The molecule has 190 valence electrons. The fourth-order valence-electron chi connectivity index (χ4n) is 2.93. The number of hydrogen-bond acceptors (Lipinski definition) is 9. The van der Waals surface area contributed by atoms with Gasteiger partial charge >= 0.3 is 5.97 Å². The first kappa shape index (κ1) is 29.2. The lowest BCUT2D eigenvalue weighted by molar-refractivity contribution is -0.142. The molecule has 34 heavy (non-hydrogen) atoms. The number of carbonyl (C=O) groups is 4. The molecule has 0 saturated heterocycles. The molecule has 1 rings (SSSR count). The van der Waals surface area contributed by atoms with Crippen molar-refractivity contribution in [3.63, 3.8) is 0 Å². The first-order valence-corrected chi connectivity index (χ1v) is 11.3. The summed E-state index contributed by atoms with van der Waals surface area (Å²) in [6.07, 6.45) is 1.17. The lowest BCUT2D eigenvalue weighted by Crippen LogP contribution is -2.58. The van der Waals surface area contributed by atoms with E-state index in [0.717, 1.165) is 0 Å². The van der Waals surface area contributed by atoms with Gasteiger partial charge in [-0.15, -0.1) is 0 Å². The fourth-order valence-corrected chi connectivity index (χ4v) is 3.09. The molecule has 12 nitrogen and oxygen atoms in total. The van der Waals surface area contributed by atoms with E-state index in [2.05, 4.69) is 28.6 Å². The number of rotatable bonds is 15. The summed E-state index contributed by atoms with van der Waals surface area (Å²) in [7, 11) is 0. The van der Waals surface area contributed by atoms with Crippen LogP contribution in [0.1, 0.15) is 24.8 Å². The summed E-state index contributed by atoms with van der Waals surface area (Å²) in [5, 5.41) is 35.5. The summed E-state index contributed by atoms with van der Waals surface area (Å²) in [4.78, 5) is 49.1. The van der Waals surface area contributed by atoms with Crippen LogP contribution >= 0.6 is 12.6 Å². The molecule has 3 amide bonds. The van der Waals surface area contributed by atoms with Crippen LogP contribution in [0.15, 0.2) is 24.3 Å². The van der Waals surface area contributed by atoms with Gasteiger partial charge in [-0.2, -0.15) is 12.6 Å². The Hall–Kier alpha value is -2.87. The van der Waals surface area contributed by atoms with Gasteiger partial charge in [-0.05, 0) is 43.5 Å². The lowest BCUT2D eigenvalue weighted by Gasteiger charge is -2.24. The van der Waals surface area contributed by atoms with Crippen LogP contribution in [0.25, 0.3) is 0 Å². The molecule has 4 atom stereocenters. The quantitative estimate of drug-likeness (QED) is 0.0948. The number of aromatic hydroxyl groups is 1. The molecule has 1 aromatic carbocycles. The molecule has 0 fully saturated rings. The molecule has 0 bridgehead atoms. The van der Waals surface area contributed by atoms with E-state index >= 15 is 0 Å². The zero-order valence-corrected chi connectivity index (χ0v) is 19.5. The van der Waals surface area contributed by atoms with Crippen molar-refractivity contribution < 1.29 is 34.5 Å². The van der Waals surface area contributed by atoms with Crippen molar-refractivity contribution in [1.29, 1.82) is 0 Å². The van der Waals surface area contributed by atoms with E-state index in [1.165, 1.54) is 12.1 Å². The summed E-state index contributed by atoms with van der Waals surface area (Å²) in [6.45, 7) is -0.427. The van der Waals surface area contributed by atoms with Crippen molar-refractivity contribution >= 4 is 36.3 Å². The Labute approximate surface area is 202 Å². The zero-order chi connectivity index (χ0) is 25.7. The van der Waals surface area contributed by atoms with Crippen LogP contribution in [-0.4, -0.2) is 82.1 Å². The Balaban J connectivity index is 2.94. The Morgan fingerprint density at radius 2 is 1.47 bits per heavy atom. The number of nitrogens with two attached hydrogens (primary N) is 2. The van der Waals surface area contributed by atoms with Gasteiger partial charge in [-0.3, -0.25) is 14.4 Å².